The molecule has 0 aliphatic rings. The molecule has 0 amide bonds. The fourth-order valence-corrected chi connectivity index (χ4v) is 2.35. The average molecular weight is 257 g/mol. The number of rotatable bonds is 4. The zero-order valence-corrected chi connectivity index (χ0v) is 10.7. The average Bonchev–Trinajstić information content (AvgIpc) is 2.83. The van der Waals surface area contributed by atoms with Gasteiger partial charge in [-0.3, -0.25) is 0 Å². The molecule has 0 spiro atoms. The Labute approximate surface area is 103 Å². The number of thiophene rings is 1. The van der Waals surface area contributed by atoms with E-state index in [1.807, 2.05) is 11.4 Å². The summed E-state index contributed by atoms with van der Waals surface area (Å²) in [6, 6.07) is 2.27. The molecule has 0 radical (unpaired) electrons. The van der Waals surface area contributed by atoms with Crippen LogP contribution in [0.15, 0.2) is 22.1 Å². The zero-order valence-electron chi connectivity index (χ0n) is 9.16. The largest absolute Gasteiger partial charge is 0.438 e. The van der Waals surface area contributed by atoms with Crippen LogP contribution >= 0.6 is 22.9 Å². The Balaban J connectivity index is 2.11. The molecule has 0 aliphatic heterocycles. The Morgan fingerprint density at radius 2 is 2.38 bits per heavy atom. The molecule has 2 aromatic heterocycles. The molecular weight excluding hydrogens is 244 g/mol. The molecule has 16 heavy (non-hydrogen) atoms. The van der Waals surface area contributed by atoms with E-state index in [9.17, 15) is 0 Å². The normalized spacial score (nSPS) is 11.2. The zero-order chi connectivity index (χ0) is 11.5. The number of hydrogen-bond acceptors (Lipinski definition) is 4. The van der Waals surface area contributed by atoms with Crippen molar-refractivity contribution in [3.63, 3.8) is 0 Å². The van der Waals surface area contributed by atoms with Gasteiger partial charge in [0.05, 0.1) is 22.6 Å². The minimum absolute atomic E-state index is 0.417. The van der Waals surface area contributed by atoms with Crippen molar-refractivity contribution in [3.05, 3.63) is 28.6 Å². The molecule has 2 aromatic rings. The molecule has 0 fully saturated rings. The van der Waals surface area contributed by atoms with Crippen molar-refractivity contribution in [2.24, 2.45) is 0 Å². The summed E-state index contributed by atoms with van der Waals surface area (Å²) in [5.74, 6) is 1.42. The van der Waals surface area contributed by atoms with Crippen LogP contribution in [0.5, 0.6) is 0 Å². The highest BCUT2D eigenvalue weighted by Crippen LogP contribution is 2.33. The van der Waals surface area contributed by atoms with Gasteiger partial charge >= 0.3 is 0 Å². The Morgan fingerprint density at radius 1 is 1.56 bits per heavy atom. The predicted molar refractivity (Wildman–Crippen MR) is 66.8 cm³/mol. The molecule has 1 N–H and O–H groups in total. The lowest BCUT2D eigenvalue weighted by atomic mass is 10.4. The van der Waals surface area contributed by atoms with Gasteiger partial charge in [-0.2, -0.15) is 0 Å². The first-order valence-corrected chi connectivity index (χ1v) is 6.34. The third-order valence-corrected chi connectivity index (χ3v) is 3.41. The number of halogens is 1. The van der Waals surface area contributed by atoms with E-state index < -0.39 is 0 Å². The van der Waals surface area contributed by atoms with Gasteiger partial charge in [0.25, 0.3) is 0 Å². The number of nitrogens with one attached hydrogen (secondary N) is 1. The SMILES string of the molecule is CC(C)NCc1ncc(-c2sccc2Cl)o1. The van der Waals surface area contributed by atoms with E-state index in [2.05, 4.69) is 24.1 Å². The maximum absolute atomic E-state index is 6.02. The lowest BCUT2D eigenvalue weighted by Gasteiger charge is -2.03. The third kappa shape index (κ3) is 2.64. The highest BCUT2D eigenvalue weighted by atomic mass is 35.5. The summed E-state index contributed by atoms with van der Waals surface area (Å²) in [5, 5.41) is 5.90. The monoisotopic (exact) mass is 256 g/mol. The van der Waals surface area contributed by atoms with Gasteiger partial charge in [0.1, 0.15) is 0 Å². The lowest BCUT2D eigenvalue weighted by molar-refractivity contribution is 0.459. The first-order chi connectivity index (χ1) is 7.66. The van der Waals surface area contributed by atoms with Gasteiger partial charge in [-0.25, -0.2) is 4.98 Å². The van der Waals surface area contributed by atoms with Crippen molar-refractivity contribution in [2.75, 3.05) is 0 Å². The van der Waals surface area contributed by atoms with E-state index in [4.69, 9.17) is 16.0 Å². The Morgan fingerprint density at radius 3 is 3.00 bits per heavy atom. The third-order valence-electron chi connectivity index (χ3n) is 2.06. The van der Waals surface area contributed by atoms with Gasteiger partial charge in [0.2, 0.25) is 5.89 Å². The molecule has 0 aromatic carbocycles. The molecule has 0 bridgehead atoms. The molecule has 2 rings (SSSR count). The van der Waals surface area contributed by atoms with E-state index in [0.29, 0.717) is 23.5 Å². The van der Waals surface area contributed by atoms with E-state index >= 15 is 0 Å². The van der Waals surface area contributed by atoms with Gasteiger partial charge in [-0.15, -0.1) is 11.3 Å². The number of hydrogen-bond donors (Lipinski definition) is 1. The van der Waals surface area contributed by atoms with E-state index in [-0.39, 0.29) is 0 Å². The molecule has 2 heterocycles. The molecule has 0 saturated heterocycles. The smallest absolute Gasteiger partial charge is 0.208 e. The van der Waals surface area contributed by atoms with Crippen LogP contribution in [0.25, 0.3) is 10.6 Å². The van der Waals surface area contributed by atoms with Gasteiger partial charge in [-0.05, 0) is 11.4 Å². The van der Waals surface area contributed by atoms with E-state index in [1.54, 1.807) is 17.5 Å². The summed E-state index contributed by atoms with van der Waals surface area (Å²) < 4.78 is 5.61. The van der Waals surface area contributed by atoms with Gasteiger partial charge in [-0.1, -0.05) is 25.4 Å². The standard InChI is InChI=1S/C11H13ClN2OS/c1-7(2)13-6-10-14-5-9(15-10)11-8(12)3-4-16-11/h3-5,7,13H,6H2,1-2H3. The summed E-state index contributed by atoms with van der Waals surface area (Å²) in [7, 11) is 0. The topological polar surface area (TPSA) is 38.1 Å². The molecule has 86 valence electrons. The van der Waals surface area contributed by atoms with Crippen molar-refractivity contribution >= 4 is 22.9 Å². The van der Waals surface area contributed by atoms with Crippen LogP contribution in [0.1, 0.15) is 19.7 Å². The molecule has 0 saturated carbocycles. The quantitative estimate of drug-likeness (QED) is 0.909. The van der Waals surface area contributed by atoms with E-state index in [0.717, 1.165) is 10.6 Å². The highest BCUT2D eigenvalue weighted by molar-refractivity contribution is 7.14. The maximum atomic E-state index is 6.02. The molecule has 3 nitrogen and oxygen atoms in total. The molecule has 0 aliphatic carbocycles. The van der Waals surface area contributed by atoms with Crippen LogP contribution < -0.4 is 5.32 Å². The molecule has 5 heteroatoms. The number of nitrogens with zero attached hydrogens (tertiary/aromatic N) is 1. The highest BCUT2D eigenvalue weighted by Gasteiger charge is 2.11. The second-order valence-corrected chi connectivity index (χ2v) is 5.07. The molecule has 0 atom stereocenters. The van der Waals surface area contributed by atoms with Crippen molar-refractivity contribution in [3.8, 4) is 10.6 Å². The maximum Gasteiger partial charge on any atom is 0.208 e. The van der Waals surface area contributed by atoms with Gasteiger partial charge < -0.3 is 9.73 Å². The van der Waals surface area contributed by atoms with Crippen LogP contribution in [-0.4, -0.2) is 11.0 Å². The number of oxazole rings is 1. The van der Waals surface area contributed by atoms with Crippen molar-refractivity contribution < 1.29 is 4.42 Å². The molecular formula is C11H13ClN2OS. The Bertz CT molecular complexity index is 464. The summed E-state index contributed by atoms with van der Waals surface area (Å²) in [6.07, 6.45) is 1.72. The summed E-state index contributed by atoms with van der Waals surface area (Å²) >= 11 is 7.57. The minimum atomic E-state index is 0.417. The lowest BCUT2D eigenvalue weighted by Crippen LogP contribution is -2.21. The van der Waals surface area contributed by atoms with Crippen LogP contribution in [-0.2, 0) is 6.54 Å². The van der Waals surface area contributed by atoms with Gasteiger partial charge in [0.15, 0.2) is 5.76 Å². The summed E-state index contributed by atoms with van der Waals surface area (Å²) in [5.41, 5.74) is 0. The van der Waals surface area contributed by atoms with Gasteiger partial charge in [0, 0.05) is 6.04 Å². The van der Waals surface area contributed by atoms with Crippen LogP contribution in [0.3, 0.4) is 0 Å². The Hall–Kier alpha value is -0.840. The second-order valence-electron chi connectivity index (χ2n) is 3.75. The summed E-state index contributed by atoms with van der Waals surface area (Å²) in [6.45, 7) is 4.81. The first kappa shape index (κ1) is 11.6. The second kappa shape index (κ2) is 4.99. The van der Waals surface area contributed by atoms with Crippen molar-refractivity contribution in [1.29, 1.82) is 0 Å². The van der Waals surface area contributed by atoms with Crippen LogP contribution in [0.4, 0.5) is 0 Å². The first-order valence-electron chi connectivity index (χ1n) is 5.08. The van der Waals surface area contributed by atoms with Crippen LogP contribution in [0, 0.1) is 0 Å². The number of aromatic nitrogens is 1. The van der Waals surface area contributed by atoms with Crippen molar-refractivity contribution in [2.45, 2.75) is 26.4 Å². The van der Waals surface area contributed by atoms with E-state index in [1.165, 1.54) is 0 Å². The van der Waals surface area contributed by atoms with Crippen LogP contribution in [0.2, 0.25) is 5.02 Å². The Kier molecular flexibility index (Phi) is 3.63. The fraction of sp³-hybridized carbons (Fsp3) is 0.364. The predicted octanol–water partition coefficient (Wildman–Crippen LogP) is 3.55. The summed E-state index contributed by atoms with van der Waals surface area (Å²) in [4.78, 5) is 5.14. The van der Waals surface area contributed by atoms with Crippen molar-refractivity contribution in [1.82, 2.24) is 10.3 Å². The molecule has 0 unspecified atom stereocenters. The minimum Gasteiger partial charge on any atom is -0.438 e. The fourth-order valence-electron chi connectivity index (χ4n) is 1.26.